The van der Waals surface area contributed by atoms with Crippen LogP contribution in [0.3, 0.4) is 0 Å². The number of aliphatic hydroxyl groups is 1. The molecule has 0 aromatic carbocycles. The molecular weight excluding hydrogens is 138 g/mol. The Bertz CT molecular complexity index is 102. The molecule has 66 valence electrons. The number of hydrogen-bond donors (Lipinski definition) is 1. The lowest BCUT2D eigenvalue weighted by molar-refractivity contribution is 0.225. The summed E-state index contributed by atoms with van der Waals surface area (Å²) >= 11 is 0. The minimum Gasteiger partial charge on any atom is -0.396 e. The van der Waals surface area contributed by atoms with Crippen LogP contribution < -0.4 is 0 Å². The Morgan fingerprint density at radius 3 is 2.64 bits per heavy atom. The van der Waals surface area contributed by atoms with E-state index in [-0.39, 0.29) is 0 Å². The predicted molar refractivity (Wildman–Crippen MR) is 46.5 cm³/mol. The fraction of sp³-hybridized carbons (Fsp3) is 1.00. The van der Waals surface area contributed by atoms with Crippen LogP contribution in [0.15, 0.2) is 0 Å². The van der Waals surface area contributed by atoms with Gasteiger partial charge < -0.3 is 10.0 Å². The van der Waals surface area contributed by atoms with Gasteiger partial charge >= 0.3 is 0 Å². The van der Waals surface area contributed by atoms with Crippen LogP contribution in [0.1, 0.15) is 26.2 Å². The summed E-state index contributed by atoms with van der Waals surface area (Å²) in [4.78, 5) is 2.44. The molecular formula is C9H19NO. The standard InChI is InChI=1S/C9H19NO/c1-2-10(6-3-7-11)8-9-4-5-9/h9,11H,2-8H2,1H3. The van der Waals surface area contributed by atoms with Gasteiger partial charge in [0.15, 0.2) is 0 Å². The zero-order chi connectivity index (χ0) is 8.10. The third-order valence-electron chi connectivity index (χ3n) is 2.29. The minimum atomic E-state index is 0.334. The van der Waals surface area contributed by atoms with Crippen LogP contribution >= 0.6 is 0 Å². The Balaban J connectivity index is 2.02. The largest absolute Gasteiger partial charge is 0.396 e. The van der Waals surface area contributed by atoms with Crippen molar-refractivity contribution >= 4 is 0 Å². The Kier molecular flexibility index (Phi) is 3.87. The fourth-order valence-corrected chi connectivity index (χ4v) is 1.34. The Labute approximate surface area is 69.2 Å². The Morgan fingerprint density at radius 1 is 1.45 bits per heavy atom. The van der Waals surface area contributed by atoms with Crippen LogP contribution in [0, 0.1) is 5.92 Å². The van der Waals surface area contributed by atoms with Gasteiger partial charge in [-0.15, -0.1) is 0 Å². The van der Waals surface area contributed by atoms with Gasteiger partial charge in [-0.3, -0.25) is 0 Å². The van der Waals surface area contributed by atoms with Gasteiger partial charge in [-0.05, 0) is 31.7 Å². The molecule has 0 saturated heterocycles. The smallest absolute Gasteiger partial charge is 0.0443 e. The summed E-state index contributed by atoms with van der Waals surface area (Å²) in [6, 6.07) is 0. The lowest BCUT2D eigenvalue weighted by Crippen LogP contribution is -2.27. The summed E-state index contributed by atoms with van der Waals surface area (Å²) in [5.74, 6) is 0.980. The van der Waals surface area contributed by atoms with Crippen LogP contribution in [-0.2, 0) is 0 Å². The highest BCUT2D eigenvalue weighted by Gasteiger charge is 2.23. The first-order valence-electron chi connectivity index (χ1n) is 4.70. The topological polar surface area (TPSA) is 23.5 Å². The van der Waals surface area contributed by atoms with E-state index in [4.69, 9.17) is 5.11 Å². The first kappa shape index (κ1) is 9.01. The number of nitrogens with zero attached hydrogens (tertiary/aromatic N) is 1. The maximum absolute atomic E-state index is 8.63. The molecule has 0 spiro atoms. The molecule has 1 aliphatic rings. The van der Waals surface area contributed by atoms with Gasteiger partial charge in [-0.2, -0.15) is 0 Å². The molecule has 0 bridgehead atoms. The third kappa shape index (κ3) is 3.73. The van der Waals surface area contributed by atoms with Gasteiger partial charge in [0.2, 0.25) is 0 Å². The molecule has 2 heteroatoms. The van der Waals surface area contributed by atoms with Crippen LogP contribution in [-0.4, -0.2) is 36.2 Å². The Hall–Kier alpha value is -0.0800. The zero-order valence-corrected chi connectivity index (χ0v) is 7.42. The molecule has 1 rings (SSSR count). The van der Waals surface area contributed by atoms with E-state index in [1.54, 1.807) is 0 Å². The van der Waals surface area contributed by atoms with Crippen molar-refractivity contribution in [1.82, 2.24) is 4.90 Å². The molecule has 11 heavy (non-hydrogen) atoms. The van der Waals surface area contributed by atoms with Crippen molar-refractivity contribution in [2.24, 2.45) is 5.92 Å². The highest BCUT2D eigenvalue weighted by Crippen LogP contribution is 2.29. The highest BCUT2D eigenvalue weighted by molar-refractivity contribution is 4.76. The minimum absolute atomic E-state index is 0.334. The first-order chi connectivity index (χ1) is 5.36. The van der Waals surface area contributed by atoms with Crippen molar-refractivity contribution < 1.29 is 5.11 Å². The van der Waals surface area contributed by atoms with E-state index < -0.39 is 0 Å². The average molecular weight is 157 g/mol. The molecule has 0 atom stereocenters. The average Bonchev–Trinajstić information content (AvgIpc) is 2.81. The van der Waals surface area contributed by atoms with Gasteiger partial charge in [-0.25, -0.2) is 0 Å². The number of aliphatic hydroxyl groups excluding tert-OH is 1. The lowest BCUT2D eigenvalue weighted by atomic mass is 10.3. The van der Waals surface area contributed by atoms with Crippen molar-refractivity contribution in [3.63, 3.8) is 0 Å². The van der Waals surface area contributed by atoms with Gasteiger partial charge in [0.25, 0.3) is 0 Å². The Morgan fingerprint density at radius 2 is 2.18 bits per heavy atom. The quantitative estimate of drug-likeness (QED) is 0.624. The summed E-state index contributed by atoms with van der Waals surface area (Å²) in [6.07, 6.45) is 3.78. The van der Waals surface area contributed by atoms with Crippen LogP contribution in [0.25, 0.3) is 0 Å². The number of hydrogen-bond acceptors (Lipinski definition) is 2. The maximum Gasteiger partial charge on any atom is 0.0443 e. The summed E-state index contributed by atoms with van der Waals surface area (Å²) in [6.45, 7) is 6.00. The van der Waals surface area contributed by atoms with Crippen molar-refractivity contribution in [3.05, 3.63) is 0 Å². The number of rotatable bonds is 6. The second-order valence-electron chi connectivity index (χ2n) is 3.41. The van der Waals surface area contributed by atoms with E-state index in [0.29, 0.717) is 6.61 Å². The van der Waals surface area contributed by atoms with E-state index in [0.717, 1.165) is 25.4 Å². The van der Waals surface area contributed by atoms with Gasteiger partial charge in [0.1, 0.15) is 0 Å². The molecule has 0 aliphatic heterocycles. The summed E-state index contributed by atoms with van der Waals surface area (Å²) in [5, 5.41) is 8.63. The molecule has 1 aliphatic carbocycles. The summed E-state index contributed by atoms with van der Waals surface area (Å²) in [7, 11) is 0. The monoisotopic (exact) mass is 157 g/mol. The maximum atomic E-state index is 8.63. The molecule has 0 heterocycles. The second kappa shape index (κ2) is 4.73. The molecule has 0 radical (unpaired) electrons. The molecule has 1 fully saturated rings. The lowest BCUT2D eigenvalue weighted by Gasteiger charge is -2.19. The van der Waals surface area contributed by atoms with Crippen LogP contribution in [0.4, 0.5) is 0 Å². The molecule has 0 aromatic rings. The van der Waals surface area contributed by atoms with Crippen molar-refractivity contribution in [1.29, 1.82) is 0 Å². The fourth-order valence-electron chi connectivity index (χ4n) is 1.34. The van der Waals surface area contributed by atoms with Crippen LogP contribution in [0.5, 0.6) is 0 Å². The summed E-state index contributed by atoms with van der Waals surface area (Å²) in [5.41, 5.74) is 0. The van der Waals surface area contributed by atoms with E-state index in [1.165, 1.54) is 19.4 Å². The first-order valence-corrected chi connectivity index (χ1v) is 4.70. The normalized spacial score (nSPS) is 17.7. The summed E-state index contributed by atoms with van der Waals surface area (Å²) < 4.78 is 0. The highest BCUT2D eigenvalue weighted by atomic mass is 16.3. The zero-order valence-electron chi connectivity index (χ0n) is 7.42. The van der Waals surface area contributed by atoms with E-state index in [1.807, 2.05) is 0 Å². The molecule has 2 nitrogen and oxygen atoms in total. The van der Waals surface area contributed by atoms with Gasteiger partial charge in [0.05, 0.1) is 0 Å². The molecule has 0 aromatic heterocycles. The van der Waals surface area contributed by atoms with Crippen molar-refractivity contribution in [2.45, 2.75) is 26.2 Å². The van der Waals surface area contributed by atoms with E-state index in [9.17, 15) is 0 Å². The predicted octanol–water partition coefficient (Wildman–Crippen LogP) is 1.10. The second-order valence-corrected chi connectivity index (χ2v) is 3.41. The van der Waals surface area contributed by atoms with Gasteiger partial charge in [-0.1, -0.05) is 6.92 Å². The van der Waals surface area contributed by atoms with E-state index in [2.05, 4.69) is 11.8 Å². The third-order valence-corrected chi connectivity index (χ3v) is 2.29. The van der Waals surface area contributed by atoms with Crippen LogP contribution in [0.2, 0.25) is 0 Å². The SMILES string of the molecule is CCN(CCCO)CC1CC1. The van der Waals surface area contributed by atoms with Crippen molar-refractivity contribution in [3.8, 4) is 0 Å². The molecule has 0 amide bonds. The molecule has 1 saturated carbocycles. The van der Waals surface area contributed by atoms with E-state index >= 15 is 0 Å². The molecule has 0 unspecified atom stereocenters. The van der Waals surface area contributed by atoms with Crippen molar-refractivity contribution in [2.75, 3.05) is 26.2 Å². The molecule has 1 N–H and O–H groups in total. The van der Waals surface area contributed by atoms with Gasteiger partial charge in [0, 0.05) is 19.7 Å².